The van der Waals surface area contributed by atoms with Crippen molar-refractivity contribution in [2.45, 2.75) is 26.3 Å². The van der Waals surface area contributed by atoms with E-state index in [-0.39, 0.29) is 11.8 Å². The van der Waals surface area contributed by atoms with E-state index in [0.717, 1.165) is 16.8 Å². The van der Waals surface area contributed by atoms with Crippen LogP contribution in [0, 0.1) is 16.7 Å². The highest BCUT2D eigenvalue weighted by Crippen LogP contribution is 2.42. The number of pyridine rings is 1. The van der Waals surface area contributed by atoms with E-state index in [0.29, 0.717) is 13.1 Å². The van der Waals surface area contributed by atoms with E-state index in [1.165, 1.54) is 30.5 Å². The molecule has 1 aromatic carbocycles. The zero-order valence-corrected chi connectivity index (χ0v) is 18.9. The number of thiophene rings is 1. The van der Waals surface area contributed by atoms with Crippen LogP contribution in [0.2, 0.25) is 0 Å². The third-order valence-corrected chi connectivity index (χ3v) is 7.16. The molecule has 0 spiro atoms. The van der Waals surface area contributed by atoms with E-state index >= 15 is 0 Å². The molecule has 1 atom stereocenters. The van der Waals surface area contributed by atoms with Gasteiger partial charge < -0.3 is 4.90 Å². The Morgan fingerprint density at radius 2 is 2.04 bits per heavy atom. The van der Waals surface area contributed by atoms with Crippen molar-refractivity contribution in [2.24, 2.45) is 0 Å². The first-order chi connectivity index (χ1) is 13.5. The standard InChI is InChI=1S/C23H21IN2OS/c1-4-23(27)26-12-20(19-10-22(24)28-21(19)13-26)17-8-6-5-7-16(17)18-9-14(2)11-25-15(18)3/h4-11,20H,1,12-13H2,2-3H3/t20-/m1/s1. The third-order valence-electron chi connectivity index (χ3n) is 5.26. The minimum Gasteiger partial charge on any atom is -0.333 e. The quantitative estimate of drug-likeness (QED) is 0.342. The Kier molecular flexibility index (Phi) is 5.38. The number of halogens is 1. The summed E-state index contributed by atoms with van der Waals surface area (Å²) in [6.45, 7) is 9.14. The molecule has 142 valence electrons. The monoisotopic (exact) mass is 500 g/mol. The molecule has 5 heteroatoms. The fourth-order valence-electron chi connectivity index (χ4n) is 3.90. The summed E-state index contributed by atoms with van der Waals surface area (Å²) < 4.78 is 1.26. The van der Waals surface area contributed by atoms with Gasteiger partial charge in [0.1, 0.15) is 0 Å². The van der Waals surface area contributed by atoms with E-state index in [1.807, 2.05) is 11.1 Å². The Labute approximate surface area is 183 Å². The molecule has 4 rings (SSSR count). The van der Waals surface area contributed by atoms with Crippen LogP contribution in [0.3, 0.4) is 0 Å². The Morgan fingerprint density at radius 1 is 1.25 bits per heavy atom. The summed E-state index contributed by atoms with van der Waals surface area (Å²) in [6.07, 6.45) is 3.33. The summed E-state index contributed by atoms with van der Waals surface area (Å²) in [6, 6.07) is 13.0. The first-order valence-corrected chi connectivity index (χ1v) is 11.1. The number of fused-ring (bicyclic) bond motifs is 1. The molecule has 1 aliphatic rings. The average Bonchev–Trinajstić information content (AvgIpc) is 3.08. The van der Waals surface area contributed by atoms with Gasteiger partial charge >= 0.3 is 0 Å². The summed E-state index contributed by atoms with van der Waals surface area (Å²) >= 11 is 4.15. The number of hydrogen-bond acceptors (Lipinski definition) is 3. The van der Waals surface area contributed by atoms with Crippen LogP contribution >= 0.6 is 33.9 Å². The number of carbonyl (C=O) groups excluding carboxylic acids is 1. The van der Waals surface area contributed by atoms with Crippen molar-refractivity contribution in [3.8, 4) is 11.1 Å². The number of benzene rings is 1. The number of carbonyl (C=O) groups is 1. The number of hydrogen-bond donors (Lipinski definition) is 0. The minimum atomic E-state index is -0.00931. The van der Waals surface area contributed by atoms with Gasteiger partial charge in [-0.1, -0.05) is 30.8 Å². The van der Waals surface area contributed by atoms with E-state index < -0.39 is 0 Å². The summed E-state index contributed by atoms with van der Waals surface area (Å²) in [4.78, 5) is 20.2. The molecule has 1 amide bonds. The van der Waals surface area contributed by atoms with Crippen molar-refractivity contribution >= 4 is 39.8 Å². The molecule has 0 saturated heterocycles. The fraction of sp³-hybridized carbons (Fsp3) is 0.217. The van der Waals surface area contributed by atoms with Crippen molar-refractivity contribution in [3.63, 3.8) is 0 Å². The second-order valence-corrected chi connectivity index (χ2v) is 10.2. The van der Waals surface area contributed by atoms with Gasteiger partial charge in [-0.25, -0.2) is 0 Å². The van der Waals surface area contributed by atoms with Crippen molar-refractivity contribution in [3.05, 3.63) is 85.4 Å². The van der Waals surface area contributed by atoms with E-state index in [1.54, 1.807) is 11.3 Å². The van der Waals surface area contributed by atoms with Gasteiger partial charge in [0.25, 0.3) is 0 Å². The van der Waals surface area contributed by atoms with Crippen molar-refractivity contribution in [1.29, 1.82) is 0 Å². The highest BCUT2D eigenvalue weighted by molar-refractivity contribution is 14.1. The number of aryl methyl sites for hydroxylation is 2. The van der Waals surface area contributed by atoms with Crippen LogP contribution in [0.15, 0.2) is 55.3 Å². The van der Waals surface area contributed by atoms with Gasteiger partial charge in [0.15, 0.2) is 0 Å². The summed E-state index contributed by atoms with van der Waals surface area (Å²) in [7, 11) is 0. The number of aromatic nitrogens is 1. The predicted molar refractivity (Wildman–Crippen MR) is 124 cm³/mol. The minimum absolute atomic E-state index is 0.00931. The maximum atomic E-state index is 12.4. The highest BCUT2D eigenvalue weighted by atomic mass is 127. The van der Waals surface area contributed by atoms with Gasteiger partial charge in [-0.2, -0.15) is 0 Å². The van der Waals surface area contributed by atoms with Crippen LogP contribution in [0.1, 0.15) is 33.2 Å². The van der Waals surface area contributed by atoms with Crippen LogP contribution in [0.4, 0.5) is 0 Å². The second kappa shape index (κ2) is 7.79. The van der Waals surface area contributed by atoms with Crippen molar-refractivity contribution in [1.82, 2.24) is 9.88 Å². The third kappa shape index (κ3) is 3.53. The smallest absolute Gasteiger partial charge is 0.246 e. The van der Waals surface area contributed by atoms with Crippen LogP contribution in [0.25, 0.3) is 11.1 Å². The molecule has 28 heavy (non-hydrogen) atoms. The molecule has 2 aromatic heterocycles. The van der Waals surface area contributed by atoms with Gasteiger partial charge in [0.05, 0.1) is 9.43 Å². The van der Waals surface area contributed by atoms with Gasteiger partial charge in [-0.05, 0) is 76.9 Å². The molecule has 0 unspecified atom stereocenters. The molecule has 0 bridgehead atoms. The van der Waals surface area contributed by atoms with Crippen LogP contribution in [-0.2, 0) is 11.3 Å². The zero-order valence-electron chi connectivity index (χ0n) is 15.9. The van der Waals surface area contributed by atoms with Crippen LogP contribution in [0.5, 0.6) is 0 Å². The lowest BCUT2D eigenvalue weighted by Crippen LogP contribution is -2.37. The number of amides is 1. The lowest BCUT2D eigenvalue weighted by atomic mass is 9.83. The summed E-state index contributed by atoms with van der Waals surface area (Å²) in [5.74, 6) is 0.133. The summed E-state index contributed by atoms with van der Waals surface area (Å²) in [5, 5.41) is 0. The normalized spacial score (nSPS) is 16.0. The molecule has 0 fully saturated rings. The second-order valence-electron chi connectivity index (χ2n) is 7.14. The highest BCUT2D eigenvalue weighted by Gasteiger charge is 2.31. The molecule has 3 aromatic rings. The molecular formula is C23H21IN2OS. The largest absolute Gasteiger partial charge is 0.333 e. The SMILES string of the molecule is C=CC(=O)N1Cc2sc(I)cc2[C@@H](c2ccccc2-c2cc(C)cnc2C)C1. The topological polar surface area (TPSA) is 33.2 Å². The maximum Gasteiger partial charge on any atom is 0.246 e. The Hall–Kier alpha value is -1.99. The van der Waals surface area contributed by atoms with Gasteiger partial charge in [-0.3, -0.25) is 9.78 Å². The van der Waals surface area contributed by atoms with Gasteiger partial charge in [-0.15, -0.1) is 11.3 Å². The molecule has 3 nitrogen and oxygen atoms in total. The first kappa shape index (κ1) is 19.3. The molecule has 1 aliphatic heterocycles. The van der Waals surface area contributed by atoms with Crippen LogP contribution in [-0.4, -0.2) is 22.3 Å². The Balaban J connectivity index is 1.88. The number of rotatable bonds is 3. The Morgan fingerprint density at radius 3 is 2.82 bits per heavy atom. The molecular weight excluding hydrogens is 479 g/mol. The van der Waals surface area contributed by atoms with Crippen molar-refractivity contribution < 1.29 is 4.79 Å². The lowest BCUT2D eigenvalue weighted by Gasteiger charge is -2.33. The van der Waals surface area contributed by atoms with Gasteiger partial charge in [0.2, 0.25) is 5.91 Å². The van der Waals surface area contributed by atoms with E-state index in [4.69, 9.17) is 0 Å². The summed E-state index contributed by atoms with van der Waals surface area (Å²) in [5.41, 5.74) is 7.11. The molecule has 3 heterocycles. The fourth-order valence-corrected chi connectivity index (χ4v) is 6.00. The number of nitrogens with zero attached hydrogens (tertiary/aromatic N) is 2. The molecule has 0 saturated carbocycles. The molecule has 0 radical (unpaired) electrons. The zero-order chi connectivity index (χ0) is 19.8. The molecule has 0 N–H and O–H groups in total. The van der Waals surface area contributed by atoms with Crippen LogP contribution < -0.4 is 0 Å². The first-order valence-electron chi connectivity index (χ1n) is 9.20. The molecule has 0 aliphatic carbocycles. The predicted octanol–water partition coefficient (Wildman–Crippen LogP) is 5.69. The lowest BCUT2D eigenvalue weighted by molar-refractivity contribution is -0.127. The van der Waals surface area contributed by atoms with E-state index in [2.05, 4.69) is 84.4 Å². The maximum absolute atomic E-state index is 12.4. The van der Waals surface area contributed by atoms with Gasteiger partial charge in [0, 0.05) is 34.8 Å². The Bertz CT molecular complexity index is 1070. The average molecular weight is 500 g/mol. The van der Waals surface area contributed by atoms with E-state index in [9.17, 15) is 4.79 Å². The van der Waals surface area contributed by atoms with Crippen molar-refractivity contribution in [2.75, 3.05) is 6.54 Å².